The molecule has 0 unspecified atom stereocenters. The molecule has 138 valence electrons. The number of hydrogen-bond donors (Lipinski definition) is 1. The molecule has 0 fully saturated rings. The van der Waals surface area contributed by atoms with Gasteiger partial charge in [0.15, 0.2) is 0 Å². The minimum Gasteiger partial charge on any atom is -0.489 e. The van der Waals surface area contributed by atoms with Gasteiger partial charge in [-0.2, -0.15) is 4.98 Å². The summed E-state index contributed by atoms with van der Waals surface area (Å²) in [6.07, 6.45) is 0. The van der Waals surface area contributed by atoms with Crippen LogP contribution in [0, 0.1) is 0 Å². The summed E-state index contributed by atoms with van der Waals surface area (Å²) in [6.45, 7) is 0.497. The highest BCUT2D eigenvalue weighted by Crippen LogP contribution is 2.24. The molecule has 0 bridgehead atoms. The fraction of sp³-hybridized carbons (Fsp3) is 0.0455. The fourth-order valence-electron chi connectivity index (χ4n) is 2.65. The van der Waals surface area contributed by atoms with Crippen molar-refractivity contribution in [1.82, 2.24) is 10.1 Å². The zero-order valence-electron chi connectivity index (χ0n) is 14.8. The molecule has 1 N–H and O–H groups in total. The number of carboxylic acids is 1. The van der Waals surface area contributed by atoms with Crippen LogP contribution in [0.2, 0.25) is 0 Å². The molecule has 1 heterocycles. The van der Waals surface area contributed by atoms with Crippen LogP contribution < -0.4 is 4.74 Å². The summed E-state index contributed by atoms with van der Waals surface area (Å²) >= 11 is 0. The van der Waals surface area contributed by atoms with E-state index in [2.05, 4.69) is 10.1 Å². The Labute approximate surface area is 161 Å². The molecule has 0 aliphatic carbocycles. The third-order valence-electron chi connectivity index (χ3n) is 4.17. The van der Waals surface area contributed by atoms with Gasteiger partial charge in [0.25, 0.3) is 5.89 Å². The Morgan fingerprint density at radius 2 is 1.57 bits per heavy atom. The molecule has 0 aliphatic heterocycles. The van der Waals surface area contributed by atoms with E-state index in [9.17, 15) is 4.79 Å². The van der Waals surface area contributed by atoms with Gasteiger partial charge in [-0.05, 0) is 42.0 Å². The maximum atomic E-state index is 10.9. The van der Waals surface area contributed by atoms with Gasteiger partial charge in [-0.15, -0.1) is 0 Å². The summed E-state index contributed by atoms with van der Waals surface area (Å²) in [5.41, 5.74) is 2.76. The molecule has 4 rings (SSSR count). The Morgan fingerprint density at radius 1 is 0.893 bits per heavy atom. The molecule has 4 aromatic rings. The van der Waals surface area contributed by atoms with Gasteiger partial charge in [0, 0.05) is 11.1 Å². The molecule has 6 heteroatoms. The second kappa shape index (κ2) is 7.75. The van der Waals surface area contributed by atoms with Crippen molar-refractivity contribution in [3.63, 3.8) is 0 Å². The molecule has 3 aromatic carbocycles. The highest BCUT2D eigenvalue weighted by molar-refractivity contribution is 5.88. The molecular formula is C22H16N2O4. The van der Waals surface area contributed by atoms with Gasteiger partial charge < -0.3 is 14.4 Å². The van der Waals surface area contributed by atoms with Crippen molar-refractivity contribution in [3.8, 4) is 28.6 Å². The minimum absolute atomic E-state index is 0.207. The number of rotatable bonds is 6. The Bertz CT molecular complexity index is 1070. The molecule has 0 saturated carbocycles. The van der Waals surface area contributed by atoms with E-state index in [0.29, 0.717) is 23.9 Å². The summed E-state index contributed by atoms with van der Waals surface area (Å²) in [7, 11) is 0. The molecule has 0 atom stereocenters. The molecule has 0 aliphatic rings. The summed E-state index contributed by atoms with van der Waals surface area (Å²) < 4.78 is 11.1. The van der Waals surface area contributed by atoms with E-state index in [1.807, 2.05) is 54.6 Å². The molecule has 0 saturated heterocycles. The maximum absolute atomic E-state index is 10.9. The van der Waals surface area contributed by atoms with E-state index in [0.717, 1.165) is 16.9 Å². The quantitative estimate of drug-likeness (QED) is 0.529. The van der Waals surface area contributed by atoms with Crippen LogP contribution in [0.15, 0.2) is 83.4 Å². The van der Waals surface area contributed by atoms with Crippen molar-refractivity contribution in [1.29, 1.82) is 0 Å². The van der Waals surface area contributed by atoms with Crippen molar-refractivity contribution in [2.75, 3.05) is 0 Å². The number of hydrogen-bond acceptors (Lipinski definition) is 5. The molecule has 6 nitrogen and oxygen atoms in total. The van der Waals surface area contributed by atoms with Gasteiger partial charge in [-0.1, -0.05) is 47.6 Å². The second-order valence-corrected chi connectivity index (χ2v) is 6.10. The molecule has 0 radical (unpaired) electrons. The van der Waals surface area contributed by atoms with Crippen molar-refractivity contribution in [2.45, 2.75) is 6.61 Å². The van der Waals surface area contributed by atoms with E-state index in [1.165, 1.54) is 12.1 Å². The smallest absolute Gasteiger partial charge is 0.335 e. The van der Waals surface area contributed by atoms with Crippen LogP contribution in [0.3, 0.4) is 0 Å². The topological polar surface area (TPSA) is 85.5 Å². The van der Waals surface area contributed by atoms with Gasteiger partial charge in [-0.3, -0.25) is 0 Å². The van der Waals surface area contributed by atoms with Gasteiger partial charge >= 0.3 is 5.97 Å². The average Bonchev–Trinajstić information content (AvgIpc) is 3.24. The number of nitrogens with zero attached hydrogens (tertiary/aromatic N) is 2. The summed E-state index contributed by atoms with van der Waals surface area (Å²) in [5, 5.41) is 12.9. The normalized spacial score (nSPS) is 10.6. The summed E-state index contributed by atoms with van der Waals surface area (Å²) in [4.78, 5) is 15.3. The second-order valence-electron chi connectivity index (χ2n) is 6.10. The first-order valence-corrected chi connectivity index (χ1v) is 8.64. The summed E-state index contributed by atoms with van der Waals surface area (Å²) in [5.74, 6) is 0.551. The molecular weight excluding hydrogens is 356 g/mol. The third kappa shape index (κ3) is 3.91. The van der Waals surface area contributed by atoms with E-state index in [-0.39, 0.29) is 5.56 Å². The fourth-order valence-corrected chi connectivity index (χ4v) is 2.65. The van der Waals surface area contributed by atoms with E-state index in [1.54, 1.807) is 12.1 Å². The minimum atomic E-state index is -0.977. The molecule has 0 spiro atoms. The monoisotopic (exact) mass is 372 g/mol. The van der Waals surface area contributed by atoms with Gasteiger partial charge in [0.1, 0.15) is 12.4 Å². The third-order valence-corrected chi connectivity index (χ3v) is 4.17. The number of carbonyl (C=O) groups is 1. The lowest BCUT2D eigenvalue weighted by molar-refractivity contribution is 0.0697. The number of aromatic nitrogens is 2. The van der Waals surface area contributed by atoms with E-state index in [4.69, 9.17) is 14.4 Å². The first kappa shape index (κ1) is 17.5. The Morgan fingerprint density at radius 3 is 2.25 bits per heavy atom. The van der Waals surface area contributed by atoms with E-state index < -0.39 is 5.97 Å². The zero-order chi connectivity index (χ0) is 19.3. The zero-order valence-corrected chi connectivity index (χ0v) is 14.8. The van der Waals surface area contributed by atoms with Gasteiger partial charge in [0.05, 0.1) is 5.56 Å². The number of carboxylic acid groups (broad SMARTS) is 1. The first-order chi connectivity index (χ1) is 13.7. The predicted molar refractivity (Wildman–Crippen MR) is 103 cm³/mol. The van der Waals surface area contributed by atoms with Gasteiger partial charge in [0.2, 0.25) is 5.82 Å². The van der Waals surface area contributed by atoms with Crippen LogP contribution in [-0.2, 0) is 6.61 Å². The van der Waals surface area contributed by atoms with Gasteiger partial charge in [-0.25, -0.2) is 4.79 Å². The lowest BCUT2D eigenvalue weighted by atomic mass is 10.1. The standard InChI is InChI=1S/C22H16N2O4/c25-22(26)18-8-6-16(7-9-18)20-23-21(28-24-20)17-10-12-19(13-11-17)27-14-15-4-2-1-3-5-15/h1-13H,14H2,(H,25,26). The van der Waals surface area contributed by atoms with Crippen molar-refractivity contribution in [3.05, 3.63) is 90.0 Å². The first-order valence-electron chi connectivity index (χ1n) is 8.64. The van der Waals surface area contributed by atoms with Crippen LogP contribution in [0.5, 0.6) is 5.75 Å². The maximum Gasteiger partial charge on any atom is 0.335 e. The molecule has 0 amide bonds. The lowest BCUT2D eigenvalue weighted by Crippen LogP contribution is -1.95. The summed E-state index contributed by atoms with van der Waals surface area (Å²) in [6, 6.07) is 23.7. The molecule has 1 aromatic heterocycles. The van der Waals surface area contributed by atoms with Crippen LogP contribution >= 0.6 is 0 Å². The van der Waals surface area contributed by atoms with Crippen LogP contribution in [0.25, 0.3) is 22.8 Å². The van der Waals surface area contributed by atoms with Crippen LogP contribution in [-0.4, -0.2) is 21.2 Å². The Kier molecular flexibility index (Phi) is 4.84. The number of aromatic carboxylic acids is 1. The van der Waals surface area contributed by atoms with E-state index >= 15 is 0 Å². The number of ether oxygens (including phenoxy) is 1. The van der Waals surface area contributed by atoms with Crippen molar-refractivity contribution < 1.29 is 19.2 Å². The van der Waals surface area contributed by atoms with Crippen LogP contribution in [0.1, 0.15) is 15.9 Å². The largest absolute Gasteiger partial charge is 0.489 e. The highest BCUT2D eigenvalue weighted by Gasteiger charge is 2.11. The van der Waals surface area contributed by atoms with Crippen molar-refractivity contribution in [2.24, 2.45) is 0 Å². The predicted octanol–water partition coefficient (Wildman–Crippen LogP) is 4.68. The SMILES string of the molecule is O=C(O)c1ccc(-c2noc(-c3ccc(OCc4ccccc4)cc3)n2)cc1. The Balaban J connectivity index is 1.45. The lowest BCUT2D eigenvalue weighted by Gasteiger charge is -2.06. The molecule has 28 heavy (non-hydrogen) atoms. The number of benzene rings is 3. The van der Waals surface area contributed by atoms with Crippen LogP contribution in [0.4, 0.5) is 0 Å². The highest BCUT2D eigenvalue weighted by atomic mass is 16.5. The van der Waals surface area contributed by atoms with Crippen molar-refractivity contribution >= 4 is 5.97 Å². The average molecular weight is 372 g/mol. The Hall–Kier alpha value is -3.93.